The van der Waals surface area contributed by atoms with Crippen molar-refractivity contribution in [1.29, 1.82) is 0 Å². The molecule has 5 heteroatoms. The van der Waals surface area contributed by atoms with Crippen molar-refractivity contribution >= 4 is 11.6 Å². The van der Waals surface area contributed by atoms with Crippen molar-refractivity contribution in [2.45, 2.75) is 18.9 Å². The third-order valence-electron chi connectivity index (χ3n) is 3.73. The summed E-state index contributed by atoms with van der Waals surface area (Å²) in [5.41, 5.74) is 1.11. The molecule has 1 fully saturated rings. The summed E-state index contributed by atoms with van der Waals surface area (Å²) in [6.07, 6.45) is 4.72. The molecule has 1 aliphatic heterocycles. The lowest BCUT2D eigenvalue weighted by Crippen LogP contribution is -2.48. The van der Waals surface area contributed by atoms with E-state index in [4.69, 9.17) is 4.42 Å². The minimum atomic E-state index is -0.223. The van der Waals surface area contributed by atoms with Gasteiger partial charge in [-0.15, -0.1) is 0 Å². The third-order valence-corrected chi connectivity index (χ3v) is 3.73. The van der Waals surface area contributed by atoms with Gasteiger partial charge in [-0.05, 0) is 31.0 Å². The maximum Gasteiger partial charge on any atom is 0.254 e. The Balaban J connectivity index is 1.66. The number of nitrogens with one attached hydrogen (secondary N) is 1. The van der Waals surface area contributed by atoms with Crippen LogP contribution in [0.1, 0.15) is 23.2 Å². The molecule has 1 unspecified atom stereocenters. The van der Waals surface area contributed by atoms with Crippen molar-refractivity contribution in [3.8, 4) is 0 Å². The van der Waals surface area contributed by atoms with Gasteiger partial charge in [0.1, 0.15) is 12.1 Å². The van der Waals surface area contributed by atoms with Crippen LogP contribution in [-0.4, -0.2) is 25.0 Å². The Bertz CT molecular complexity index is 612. The quantitative estimate of drug-likeness (QED) is 0.944. The minimum Gasteiger partial charge on any atom is -0.472 e. The van der Waals surface area contributed by atoms with Gasteiger partial charge in [0, 0.05) is 19.1 Å². The molecule has 4 nitrogen and oxygen atoms in total. The van der Waals surface area contributed by atoms with Gasteiger partial charge in [-0.2, -0.15) is 0 Å². The minimum absolute atomic E-state index is 0.0146. The van der Waals surface area contributed by atoms with Gasteiger partial charge in [0.15, 0.2) is 0 Å². The van der Waals surface area contributed by atoms with Gasteiger partial charge in [-0.25, -0.2) is 4.39 Å². The van der Waals surface area contributed by atoms with Crippen molar-refractivity contribution in [3.05, 3.63) is 54.2 Å². The number of halogens is 1. The Morgan fingerprint density at radius 1 is 1.33 bits per heavy atom. The van der Waals surface area contributed by atoms with E-state index in [1.165, 1.54) is 18.6 Å². The molecule has 0 radical (unpaired) electrons. The molecule has 0 aliphatic carbocycles. The normalized spacial score (nSPS) is 18.5. The molecule has 0 bridgehead atoms. The average molecular weight is 288 g/mol. The zero-order valence-corrected chi connectivity index (χ0v) is 11.6. The van der Waals surface area contributed by atoms with Crippen LogP contribution < -0.4 is 10.2 Å². The smallest absolute Gasteiger partial charge is 0.254 e. The number of furan rings is 1. The van der Waals surface area contributed by atoms with Crippen molar-refractivity contribution in [2.75, 3.05) is 18.0 Å². The fourth-order valence-corrected chi connectivity index (χ4v) is 2.68. The summed E-state index contributed by atoms with van der Waals surface area (Å²) in [7, 11) is 0. The van der Waals surface area contributed by atoms with Gasteiger partial charge in [0.25, 0.3) is 5.91 Å². The number of carbonyl (C=O) groups is 1. The topological polar surface area (TPSA) is 45.5 Å². The second kappa shape index (κ2) is 5.99. The van der Waals surface area contributed by atoms with Crippen molar-refractivity contribution < 1.29 is 13.6 Å². The van der Waals surface area contributed by atoms with Crippen LogP contribution >= 0.6 is 0 Å². The Hall–Kier alpha value is -2.30. The average Bonchev–Trinajstić information content (AvgIpc) is 3.02. The lowest BCUT2D eigenvalue weighted by atomic mass is 10.0. The highest BCUT2D eigenvalue weighted by Gasteiger charge is 2.23. The predicted molar refractivity (Wildman–Crippen MR) is 77.8 cm³/mol. The van der Waals surface area contributed by atoms with Gasteiger partial charge >= 0.3 is 0 Å². The number of hydrogen-bond donors (Lipinski definition) is 1. The number of amides is 1. The van der Waals surface area contributed by atoms with Crippen LogP contribution in [0, 0.1) is 5.82 Å². The van der Waals surface area contributed by atoms with Crippen molar-refractivity contribution in [2.24, 2.45) is 0 Å². The van der Waals surface area contributed by atoms with Crippen LogP contribution in [0.3, 0.4) is 0 Å². The van der Waals surface area contributed by atoms with Gasteiger partial charge in [-0.1, -0.05) is 12.1 Å². The van der Waals surface area contributed by atoms with E-state index in [2.05, 4.69) is 5.32 Å². The summed E-state index contributed by atoms with van der Waals surface area (Å²) in [6.45, 7) is 1.42. The molecule has 1 N–H and O–H groups in total. The van der Waals surface area contributed by atoms with Crippen molar-refractivity contribution in [3.63, 3.8) is 0 Å². The van der Waals surface area contributed by atoms with E-state index in [9.17, 15) is 9.18 Å². The molecule has 0 spiro atoms. The molecule has 1 aliphatic rings. The van der Waals surface area contributed by atoms with Gasteiger partial charge in [-0.3, -0.25) is 4.79 Å². The van der Waals surface area contributed by atoms with Crippen LogP contribution in [0.15, 0.2) is 47.3 Å². The third kappa shape index (κ3) is 3.07. The highest BCUT2D eigenvalue weighted by Crippen LogP contribution is 2.23. The molecule has 21 heavy (non-hydrogen) atoms. The first-order valence-electron chi connectivity index (χ1n) is 7.06. The zero-order chi connectivity index (χ0) is 14.7. The molecule has 1 aromatic carbocycles. The van der Waals surface area contributed by atoms with E-state index in [1.54, 1.807) is 18.2 Å². The fraction of sp³-hybridized carbons (Fsp3) is 0.312. The maximum absolute atomic E-state index is 13.8. The molecule has 1 amide bonds. The van der Waals surface area contributed by atoms with E-state index in [0.29, 0.717) is 17.8 Å². The van der Waals surface area contributed by atoms with E-state index in [0.717, 1.165) is 19.4 Å². The fourth-order valence-electron chi connectivity index (χ4n) is 2.68. The number of hydrogen-bond acceptors (Lipinski definition) is 3. The first-order chi connectivity index (χ1) is 10.2. The molecule has 0 saturated carbocycles. The summed E-state index contributed by atoms with van der Waals surface area (Å²) in [5, 5.41) is 2.98. The highest BCUT2D eigenvalue weighted by molar-refractivity contribution is 5.94. The zero-order valence-electron chi connectivity index (χ0n) is 11.6. The molecular formula is C16H17FN2O2. The standard InChI is InChI=1S/C16H17FN2O2/c17-14-5-1-2-6-15(14)19-8-3-4-13(10-19)18-16(20)12-7-9-21-11-12/h1-2,5-7,9,11,13H,3-4,8,10H2,(H,18,20). The summed E-state index contributed by atoms with van der Waals surface area (Å²) in [6, 6.07) is 8.39. The molecule has 1 saturated heterocycles. The number of para-hydroxylation sites is 1. The lowest BCUT2D eigenvalue weighted by Gasteiger charge is -2.34. The SMILES string of the molecule is O=C(NC1CCCN(c2ccccc2F)C1)c1ccoc1. The molecule has 2 heterocycles. The van der Waals surface area contributed by atoms with Crippen LogP contribution in [0.2, 0.25) is 0 Å². The van der Waals surface area contributed by atoms with E-state index < -0.39 is 0 Å². The largest absolute Gasteiger partial charge is 0.472 e. The summed E-state index contributed by atoms with van der Waals surface area (Å²) >= 11 is 0. The van der Waals surface area contributed by atoms with Gasteiger partial charge < -0.3 is 14.6 Å². The van der Waals surface area contributed by atoms with Crippen LogP contribution in [0.4, 0.5) is 10.1 Å². The maximum atomic E-state index is 13.8. The summed E-state index contributed by atoms with van der Waals surface area (Å²) < 4.78 is 18.8. The first-order valence-corrected chi connectivity index (χ1v) is 7.06. The number of benzene rings is 1. The van der Waals surface area contributed by atoms with E-state index in [1.807, 2.05) is 11.0 Å². The summed E-state index contributed by atoms with van der Waals surface area (Å²) in [5.74, 6) is -0.372. The number of piperidine rings is 1. The van der Waals surface area contributed by atoms with Gasteiger partial charge in [0.2, 0.25) is 0 Å². The molecule has 3 rings (SSSR count). The molecular weight excluding hydrogens is 271 g/mol. The molecule has 110 valence electrons. The Morgan fingerprint density at radius 2 is 2.19 bits per heavy atom. The number of rotatable bonds is 3. The van der Waals surface area contributed by atoms with E-state index >= 15 is 0 Å². The Morgan fingerprint density at radius 3 is 2.95 bits per heavy atom. The molecule has 2 aromatic rings. The predicted octanol–water partition coefficient (Wildman–Crippen LogP) is 2.82. The Labute approximate surface area is 122 Å². The van der Waals surface area contributed by atoms with Crippen LogP contribution in [0.25, 0.3) is 0 Å². The first kappa shape index (κ1) is 13.7. The monoisotopic (exact) mass is 288 g/mol. The molecule has 1 atom stereocenters. The second-order valence-corrected chi connectivity index (χ2v) is 5.22. The number of carbonyl (C=O) groups excluding carboxylic acids is 1. The van der Waals surface area contributed by atoms with Crippen LogP contribution in [0.5, 0.6) is 0 Å². The highest BCUT2D eigenvalue weighted by atomic mass is 19.1. The number of anilines is 1. The van der Waals surface area contributed by atoms with Crippen molar-refractivity contribution in [1.82, 2.24) is 5.32 Å². The summed E-state index contributed by atoms with van der Waals surface area (Å²) in [4.78, 5) is 14.0. The molecule has 1 aromatic heterocycles. The van der Waals surface area contributed by atoms with Crippen LogP contribution in [-0.2, 0) is 0 Å². The van der Waals surface area contributed by atoms with E-state index in [-0.39, 0.29) is 17.8 Å². The van der Waals surface area contributed by atoms with Gasteiger partial charge in [0.05, 0.1) is 17.5 Å². The number of nitrogens with zero attached hydrogens (tertiary/aromatic N) is 1. The Kier molecular flexibility index (Phi) is 3.90. The second-order valence-electron chi connectivity index (χ2n) is 5.22. The lowest BCUT2D eigenvalue weighted by molar-refractivity contribution is 0.0932.